The molecular formula is C13H21N5. The van der Waals surface area contributed by atoms with Crippen LogP contribution in [0.4, 0.5) is 5.82 Å². The predicted octanol–water partition coefficient (Wildman–Crippen LogP) is 2.43. The molecule has 0 amide bonds. The number of hydrogen-bond donors (Lipinski definition) is 1. The Morgan fingerprint density at radius 2 is 2.06 bits per heavy atom. The number of nitrogens with zero attached hydrogens (tertiary/aromatic N) is 4. The number of nitrogens with one attached hydrogen (secondary N) is 1. The van der Waals surface area contributed by atoms with Crippen LogP contribution in [0.2, 0.25) is 0 Å². The van der Waals surface area contributed by atoms with E-state index in [-0.39, 0.29) is 0 Å². The number of rotatable bonds is 4. The Hall–Kier alpha value is -1.78. The summed E-state index contributed by atoms with van der Waals surface area (Å²) in [4.78, 5) is 0. The lowest BCUT2D eigenvalue weighted by molar-refractivity contribution is 0.529. The molecule has 1 N–H and O–H groups in total. The Balaban J connectivity index is 2.11. The molecule has 0 aliphatic rings. The first-order valence-corrected chi connectivity index (χ1v) is 6.26. The van der Waals surface area contributed by atoms with Crippen molar-refractivity contribution in [1.29, 1.82) is 0 Å². The maximum Gasteiger partial charge on any atom is 0.127 e. The number of anilines is 1. The first-order chi connectivity index (χ1) is 8.49. The van der Waals surface area contributed by atoms with Gasteiger partial charge < -0.3 is 5.32 Å². The van der Waals surface area contributed by atoms with E-state index in [0.717, 1.165) is 23.6 Å². The van der Waals surface area contributed by atoms with E-state index in [2.05, 4.69) is 42.5 Å². The third kappa shape index (κ3) is 2.39. The summed E-state index contributed by atoms with van der Waals surface area (Å²) in [7, 11) is 1.94. The number of aromatic nitrogens is 4. The molecule has 0 radical (unpaired) electrons. The van der Waals surface area contributed by atoms with Gasteiger partial charge in [-0.15, -0.1) is 0 Å². The molecule has 2 heterocycles. The second-order valence-electron chi connectivity index (χ2n) is 4.97. The highest BCUT2D eigenvalue weighted by atomic mass is 15.3. The summed E-state index contributed by atoms with van der Waals surface area (Å²) in [5.74, 6) is 1.06. The van der Waals surface area contributed by atoms with Gasteiger partial charge in [0.1, 0.15) is 5.82 Å². The van der Waals surface area contributed by atoms with E-state index in [9.17, 15) is 0 Å². The van der Waals surface area contributed by atoms with E-state index in [0.29, 0.717) is 6.04 Å². The summed E-state index contributed by atoms with van der Waals surface area (Å²) < 4.78 is 3.86. The SMILES string of the molecule is Cc1cnn(C)c1NCc1cn(C(C)C)nc1C. The van der Waals surface area contributed by atoms with Crippen LogP contribution in [0, 0.1) is 13.8 Å². The van der Waals surface area contributed by atoms with Crippen LogP contribution in [0.25, 0.3) is 0 Å². The fourth-order valence-corrected chi connectivity index (χ4v) is 1.94. The summed E-state index contributed by atoms with van der Waals surface area (Å²) in [6.45, 7) is 9.15. The molecule has 0 aromatic carbocycles. The van der Waals surface area contributed by atoms with Crippen molar-refractivity contribution >= 4 is 5.82 Å². The van der Waals surface area contributed by atoms with Gasteiger partial charge in [0.25, 0.3) is 0 Å². The summed E-state index contributed by atoms with van der Waals surface area (Å²) in [5, 5.41) is 12.1. The van der Waals surface area contributed by atoms with E-state index >= 15 is 0 Å². The van der Waals surface area contributed by atoms with Crippen LogP contribution in [-0.4, -0.2) is 19.6 Å². The molecule has 0 aliphatic heterocycles. The van der Waals surface area contributed by atoms with Crippen LogP contribution in [0.15, 0.2) is 12.4 Å². The third-order valence-corrected chi connectivity index (χ3v) is 3.12. The highest BCUT2D eigenvalue weighted by molar-refractivity contribution is 5.43. The summed E-state index contributed by atoms with van der Waals surface area (Å²) >= 11 is 0. The summed E-state index contributed by atoms with van der Waals surface area (Å²) in [5.41, 5.74) is 3.46. The van der Waals surface area contributed by atoms with E-state index in [4.69, 9.17) is 0 Å². The third-order valence-electron chi connectivity index (χ3n) is 3.12. The van der Waals surface area contributed by atoms with Crippen molar-refractivity contribution in [2.24, 2.45) is 7.05 Å². The summed E-state index contributed by atoms with van der Waals surface area (Å²) in [6, 6.07) is 0.399. The molecule has 0 unspecified atom stereocenters. The molecule has 2 aromatic heterocycles. The van der Waals surface area contributed by atoms with Crippen LogP contribution in [0.5, 0.6) is 0 Å². The van der Waals surface area contributed by atoms with Crippen molar-refractivity contribution in [3.8, 4) is 0 Å². The molecular weight excluding hydrogens is 226 g/mol. The Morgan fingerprint density at radius 1 is 1.33 bits per heavy atom. The first-order valence-electron chi connectivity index (χ1n) is 6.26. The van der Waals surface area contributed by atoms with Gasteiger partial charge in [-0.05, 0) is 27.7 Å². The molecule has 5 heteroatoms. The molecule has 0 bridgehead atoms. The van der Waals surface area contributed by atoms with Crippen molar-refractivity contribution in [2.75, 3.05) is 5.32 Å². The molecule has 0 fully saturated rings. The van der Waals surface area contributed by atoms with Crippen molar-refractivity contribution < 1.29 is 0 Å². The van der Waals surface area contributed by atoms with Crippen LogP contribution in [0.3, 0.4) is 0 Å². The molecule has 2 aromatic rings. The Labute approximate surface area is 108 Å². The molecule has 2 rings (SSSR count). The average molecular weight is 247 g/mol. The van der Waals surface area contributed by atoms with Crippen LogP contribution in [-0.2, 0) is 13.6 Å². The monoisotopic (exact) mass is 247 g/mol. The fourth-order valence-electron chi connectivity index (χ4n) is 1.94. The van der Waals surface area contributed by atoms with Crippen LogP contribution in [0.1, 0.15) is 36.7 Å². The second kappa shape index (κ2) is 4.84. The summed E-state index contributed by atoms with van der Waals surface area (Å²) in [6.07, 6.45) is 3.98. The van der Waals surface area contributed by atoms with Crippen LogP contribution < -0.4 is 5.32 Å². The first kappa shape index (κ1) is 12.7. The largest absolute Gasteiger partial charge is 0.366 e. The lowest BCUT2D eigenvalue weighted by atomic mass is 10.2. The van der Waals surface area contributed by atoms with Gasteiger partial charge in [-0.3, -0.25) is 9.36 Å². The normalized spacial score (nSPS) is 11.2. The van der Waals surface area contributed by atoms with Gasteiger partial charge >= 0.3 is 0 Å². The van der Waals surface area contributed by atoms with Gasteiger partial charge in [0.05, 0.1) is 11.9 Å². The Kier molecular flexibility index (Phi) is 3.41. The maximum absolute atomic E-state index is 4.51. The van der Waals surface area contributed by atoms with Gasteiger partial charge in [0.15, 0.2) is 0 Å². The van der Waals surface area contributed by atoms with Gasteiger partial charge in [-0.1, -0.05) is 0 Å². The van der Waals surface area contributed by atoms with Crippen molar-refractivity contribution in [3.05, 3.63) is 29.2 Å². The Bertz CT molecular complexity index is 516. The molecule has 5 nitrogen and oxygen atoms in total. The molecule has 0 spiro atoms. The molecule has 18 heavy (non-hydrogen) atoms. The van der Waals surface area contributed by atoms with Gasteiger partial charge in [-0.25, -0.2) is 0 Å². The van der Waals surface area contributed by atoms with Crippen molar-refractivity contribution in [2.45, 2.75) is 40.3 Å². The zero-order chi connectivity index (χ0) is 13.3. The zero-order valence-electron chi connectivity index (χ0n) is 11.7. The Morgan fingerprint density at radius 3 is 2.56 bits per heavy atom. The minimum absolute atomic E-state index is 0.399. The maximum atomic E-state index is 4.51. The predicted molar refractivity (Wildman–Crippen MR) is 72.6 cm³/mol. The van der Waals surface area contributed by atoms with Crippen molar-refractivity contribution in [1.82, 2.24) is 19.6 Å². The minimum atomic E-state index is 0.399. The number of hydrogen-bond acceptors (Lipinski definition) is 3. The van der Waals surface area contributed by atoms with E-state index in [1.807, 2.05) is 29.5 Å². The molecule has 0 aliphatic carbocycles. The lowest BCUT2D eigenvalue weighted by Gasteiger charge is -2.07. The minimum Gasteiger partial charge on any atom is -0.366 e. The standard InChI is InChI=1S/C13H21N5/c1-9(2)18-8-12(11(4)16-18)7-14-13-10(3)6-15-17(13)5/h6,8-9,14H,7H2,1-5H3. The van der Waals surface area contributed by atoms with Gasteiger partial charge in [-0.2, -0.15) is 10.2 Å². The van der Waals surface area contributed by atoms with Crippen molar-refractivity contribution in [3.63, 3.8) is 0 Å². The lowest BCUT2D eigenvalue weighted by Crippen LogP contribution is -2.06. The highest BCUT2D eigenvalue weighted by Gasteiger charge is 2.09. The van der Waals surface area contributed by atoms with Crippen LogP contribution >= 0.6 is 0 Å². The smallest absolute Gasteiger partial charge is 0.127 e. The quantitative estimate of drug-likeness (QED) is 0.902. The zero-order valence-corrected chi connectivity index (χ0v) is 11.7. The molecule has 98 valence electrons. The molecule has 0 saturated heterocycles. The molecule has 0 saturated carbocycles. The average Bonchev–Trinajstić information content (AvgIpc) is 2.82. The highest BCUT2D eigenvalue weighted by Crippen LogP contribution is 2.16. The van der Waals surface area contributed by atoms with E-state index in [1.165, 1.54) is 5.56 Å². The fraction of sp³-hybridized carbons (Fsp3) is 0.538. The topological polar surface area (TPSA) is 47.7 Å². The van der Waals surface area contributed by atoms with E-state index < -0.39 is 0 Å². The number of aryl methyl sites for hydroxylation is 3. The second-order valence-corrected chi connectivity index (χ2v) is 4.97. The molecule has 0 atom stereocenters. The van der Waals surface area contributed by atoms with Gasteiger partial charge in [0.2, 0.25) is 0 Å². The van der Waals surface area contributed by atoms with E-state index in [1.54, 1.807) is 0 Å². The van der Waals surface area contributed by atoms with Gasteiger partial charge in [0, 0.05) is 37.0 Å².